The average Bonchev–Trinajstić information content (AvgIpc) is 2.83. The van der Waals surface area contributed by atoms with Crippen molar-refractivity contribution in [2.75, 3.05) is 13.1 Å². The normalized spacial score (nSPS) is 21.4. The van der Waals surface area contributed by atoms with E-state index in [1.54, 1.807) is 0 Å². The van der Waals surface area contributed by atoms with E-state index in [1.165, 1.54) is 0 Å². The summed E-state index contributed by atoms with van der Waals surface area (Å²) in [6, 6.07) is 0.275. The van der Waals surface area contributed by atoms with Gasteiger partial charge in [-0.15, -0.1) is 0 Å². The summed E-state index contributed by atoms with van der Waals surface area (Å²) in [5.74, 6) is 6.72. The Bertz CT molecular complexity index is 311. The first-order valence-corrected chi connectivity index (χ1v) is 7.76. The Hall–Kier alpha value is -0.810. The molecular formula is C15H31N3O2. The molecule has 0 aliphatic carbocycles. The van der Waals surface area contributed by atoms with Crippen molar-refractivity contribution in [2.24, 2.45) is 17.7 Å². The van der Waals surface area contributed by atoms with Crippen molar-refractivity contribution in [1.82, 2.24) is 10.3 Å². The highest BCUT2D eigenvalue weighted by molar-refractivity contribution is 5.68. The van der Waals surface area contributed by atoms with E-state index >= 15 is 0 Å². The van der Waals surface area contributed by atoms with Gasteiger partial charge in [-0.3, -0.25) is 11.3 Å². The van der Waals surface area contributed by atoms with Crippen LogP contribution >= 0.6 is 0 Å². The van der Waals surface area contributed by atoms with E-state index in [0.717, 1.165) is 32.4 Å². The summed E-state index contributed by atoms with van der Waals surface area (Å²) in [4.78, 5) is 13.9. The third-order valence-electron chi connectivity index (χ3n) is 4.13. The van der Waals surface area contributed by atoms with Crippen molar-refractivity contribution >= 4 is 6.09 Å². The number of hydrazine groups is 1. The molecule has 1 aliphatic heterocycles. The van der Waals surface area contributed by atoms with Crippen LogP contribution in [-0.2, 0) is 4.74 Å². The van der Waals surface area contributed by atoms with Gasteiger partial charge in [-0.2, -0.15) is 0 Å². The third-order valence-corrected chi connectivity index (χ3v) is 4.13. The molecule has 3 N–H and O–H groups in total. The van der Waals surface area contributed by atoms with Gasteiger partial charge in [-0.05, 0) is 39.0 Å². The van der Waals surface area contributed by atoms with Crippen molar-refractivity contribution in [2.45, 2.75) is 65.5 Å². The predicted molar refractivity (Wildman–Crippen MR) is 81.1 cm³/mol. The number of amides is 1. The summed E-state index contributed by atoms with van der Waals surface area (Å²) < 4.78 is 5.43. The highest BCUT2D eigenvalue weighted by atomic mass is 16.6. The van der Waals surface area contributed by atoms with E-state index in [-0.39, 0.29) is 12.1 Å². The molecule has 0 radical (unpaired) electrons. The Labute approximate surface area is 123 Å². The topological polar surface area (TPSA) is 67.6 Å². The Balaban J connectivity index is 2.59. The summed E-state index contributed by atoms with van der Waals surface area (Å²) in [5, 5.41) is 0. The molecule has 0 aromatic rings. The van der Waals surface area contributed by atoms with E-state index in [0.29, 0.717) is 11.8 Å². The summed E-state index contributed by atoms with van der Waals surface area (Å²) in [6.45, 7) is 11.6. The zero-order valence-electron chi connectivity index (χ0n) is 13.6. The second-order valence-corrected chi connectivity index (χ2v) is 6.74. The first-order valence-electron chi connectivity index (χ1n) is 7.76. The standard InChI is InChI=1S/C15H31N3O2/c1-6-11(7-2)13(17-16)12-8-9-18(10-12)14(19)20-15(3,4)5/h11-13,17H,6-10,16H2,1-5H3. The summed E-state index contributed by atoms with van der Waals surface area (Å²) in [7, 11) is 0. The van der Waals surface area contributed by atoms with Crippen LogP contribution in [0.25, 0.3) is 0 Å². The molecule has 2 unspecified atom stereocenters. The molecule has 1 saturated heterocycles. The average molecular weight is 285 g/mol. The SMILES string of the molecule is CCC(CC)C(NN)C1CCN(C(=O)OC(C)(C)C)C1. The number of nitrogens with one attached hydrogen (secondary N) is 1. The first-order chi connectivity index (χ1) is 9.32. The minimum Gasteiger partial charge on any atom is -0.444 e. The zero-order chi connectivity index (χ0) is 15.3. The van der Waals surface area contributed by atoms with Crippen LogP contribution in [0.4, 0.5) is 4.79 Å². The molecule has 20 heavy (non-hydrogen) atoms. The lowest BCUT2D eigenvalue weighted by atomic mass is 9.85. The summed E-state index contributed by atoms with van der Waals surface area (Å²) in [6.07, 6.45) is 2.99. The smallest absolute Gasteiger partial charge is 0.410 e. The van der Waals surface area contributed by atoms with E-state index < -0.39 is 5.60 Å². The molecule has 1 fully saturated rings. The number of rotatable bonds is 5. The molecule has 5 nitrogen and oxygen atoms in total. The van der Waals surface area contributed by atoms with Crippen molar-refractivity contribution in [3.05, 3.63) is 0 Å². The lowest BCUT2D eigenvalue weighted by molar-refractivity contribution is 0.0283. The van der Waals surface area contributed by atoms with Gasteiger partial charge >= 0.3 is 6.09 Å². The molecule has 0 saturated carbocycles. The van der Waals surface area contributed by atoms with Crippen LogP contribution in [0.3, 0.4) is 0 Å². The van der Waals surface area contributed by atoms with Gasteiger partial charge < -0.3 is 9.64 Å². The zero-order valence-corrected chi connectivity index (χ0v) is 13.6. The maximum Gasteiger partial charge on any atom is 0.410 e. The van der Waals surface area contributed by atoms with E-state index in [1.807, 2.05) is 25.7 Å². The Kier molecular flexibility index (Phi) is 6.27. The number of hydrogen-bond donors (Lipinski definition) is 2. The molecular weight excluding hydrogens is 254 g/mol. The highest BCUT2D eigenvalue weighted by Crippen LogP contribution is 2.28. The van der Waals surface area contributed by atoms with Crippen LogP contribution in [-0.4, -0.2) is 35.7 Å². The van der Waals surface area contributed by atoms with Crippen LogP contribution in [0.5, 0.6) is 0 Å². The molecule has 0 aromatic carbocycles. The fraction of sp³-hybridized carbons (Fsp3) is 0.933. The van der Waals surface area contributed by atoms with Gasteiger partial charge in [0.2, 0.25) is 0 Å². The quantitative estimate of drug-likeness (QED) is 0.601. The number of likely N-dealkylation sites (tertiary alicyclic amines) is 1. The largest absolute Gasteiger partial charge is 0.444 e. The third kappa shape index (κ3) is 4.63. The van der Waals surface area contributed by atoms with Crippen LogP contribution < -0.4 is 11.3 Å². The van der Waals surface area contributed by atoms with Crippen molar-refractivity contribution in [3.63, 3.8) is 0 Å². The van der Waals surface area contributed by atoms with Gasteiger partial charge in [0.1, 0.15) is 5.60 Å². The molecule has 5 heteroatoms. The molecule has 118 valence electrons. The van der Waals surface area contributed by atoms with Crippen LogP contribution in [0.1, 0.15) is 53.9 Å². The molecule has 0 bridgehead atoms. The van der Waals surface area contributed by atoms with Crippen LogP contribution in [0.15, 0.2) is 0 Å². The number of nitrogens with zero attached hydrogens (tertiary/aromatic N) is 1. The lowest BCUT2D eigenvalue weighted by Crippen LogP contribution is -2.47. The van der Waals surface area contributed by atoms with Crippen molar-refractivity contribution in [1.29, 1.82) is 0 Å². The minimum atomic E-state index is -0.434. The highest BCUT2D eigenvalue weighted by Gasteiger charge is 2.35. The molecule has 1 rings (SSSR count). The summed E-state index contributed by atoms with van der Waals surface area (Å²) >= 11 is 0. The van der Waals surface area contributed by atoms with E-state index in [9.17, 15) is 4.79 Å². The molecule has 2 atom stereocenters. The minimum absolute atomic E-state index is 0.208. The fourth-order valence-electron chi connectivity index (χ4n) is 3.03. The fourth-order valence-corrected chi connectivity index (χ4v) is 3.03. The maximum absolute atomic E-state index is 12.1. The van der Waals surface area contributed by atoms with Crippen LogP contribution in [0, 0.1) is 11.8 Å². The molecule has 0 aromatic heterocycles. The second kappa shape index (κ2) is 7.27. The maximum atomic E-state index is 12.1. The van der Waals surface area contributed by atoms with Gasteiger partial charge in [0.15, 0.2) is 0 Å². The Morgan fingerprint density at radius 2 is 2.00 bits per heavy atom. The van der Waals surface area contributed by atoms with Gasteiger partial charge in [0.05, 0.1) is 0 Å². The second-order valence-electron chi connectivity index (χ2n) is 6.74. The number of carbonyl (C=O) groups excluding carboxylic acids is 1. The molecule has 1 aliphatic rings. The number of nitrogens with two attached hydrogens (primary N) is 1. The van der Waals surface area contributed by atoms with Gasteiger partial charge in [0, 0.05) is 19.1 Å². The van der Waals surface area contributed by atoms with Crippen molar-refractivity contribution < 1.29 is 9.53 Å². The Morgan fingerprint density at radius 1 is 1.40 bits per heavy atom. The van der Waals surface area contributed by atoms with E-state index in [4.69, 9.17) is 10.6 Å². The van der Waals surface area contributed by atoms with E-state index in [2.05, 4.69) is 19.3 Å². The van der Waals surface area contributed by atoms with Gasteiger partial charge in [0.25, 0.3) is 0 Å². The van der Waals surface area contributed by atoms with Crippen LogP contribution in [0.2, 0.25) is 0 Å². The number of ether oxygens (including phenoxy) is 1. The summed E-state index contributed by atoms with van der Waals surface area (Å²) in [5.41, 5.74) is 2.54. The predicted octanol–water partition coefficient (Wildman–Crippen LogP) is 2.51. The monoisotopic (exact) mass is 285 g/mol. The molecule has 1 amide bonds. The Morgan fingerprint density at radius 3 is 2.45 bits per heavy atom. The number of hydrogen-bond acceptors (Lipinski definition) is 4. The van der Waals surface area contributed by atoms with Gasteiger partial charge in [-0.1, -0.05) is 26.7 Å². The first kappa shape index (κ1) is 17.2. The van der Waals surface area contributed by atoms with Crippen molar-refractivity contribution in [3.8, 4) is 0 Å². The molecule has 1 heterocycles. The molecule has 0 spiro atoms. The van der Waals surface area contributed by atoms with Gasteiger partial charge in [-0.25, -0.2) is 4.79 Å². The lowest BCUT2D eigenvalue weighted by Gasteiger charge is -2.30. The number of carbonyl (C=O) groups is 1.